The van der Waals surface area contributed by atoms with Crippen molar-refractivity contribution in [3.05, 3.63) is 12.7 Å². The second kappa shape index (κ2) is 4.28. The molecule has 4 unspecified atom stereocenters. The minimum Gasteiger partial charge on any atom is -0.481 e. The molecule has 0 amide bonds. The number of fused-ring (bicyclic) bond motifs is 2. The van der Waals surface area contributed by atoms with Crippen LogP contribution in [-0.2, 0) is 14.3 Å². The average molecular weight is 224 g/mol. The van der Waals surface area contributed by atoms with E-state index in [1.54, 1.807) is 0 Å². The predicted molar refractivity (Wildman–Crippen MR) is 56.6 cm³/mol. The van der Waals surface area contributed by atoms with Crippen molar-refractivity contribution in [2.45, 2.75) is 19.3 Å². The quantitative estimate of drug-likeness (QED) is 0.580. The predicted octanol–water partition coefficient (Wildman–Crippen LogP) is 1.46. The summed E-state index contributed by atoms with van der Waals surface area (Å²) in [6, 6.07) is 0. The average Bonchev–Trinajstić information content (AvgIpc) is 2.84. The van der Waals surface area contributed by atoms with Crippen molar-refractivity contribution >= 4 is 11.9 Å². The first-order valence-electron chi connectivity index (χ1n) is 5.65. The highest BCUT2D eigenvalue weighted by Gasteiger charge is 2.54. The Balaban J connectivity index is 2.09. The number of esters is 1. The van der Waals surface area contributed by atoms with E-state index in [0.29, 0.717) is 0 Å². The first-order valence-corrected chi connectivity index (χ1v) is 5.65. The number of ether oxygens (including phenoxy) is 1. The zero-order valence-electron chi connectivity index (χ0n) is 9.09. The Labute approximate surface area is 94.3 Å². The van der Waals surface area contributed by atoms with Crippen LogP contribution in [0.1, 0.15) is 19.3 Å². The molecule has 2 fully saturated rings. The molecule has 0 saturated heterocycles. The fourth-order valence-corrected chi connectivity index (χ4v) is 3.22. The van der Waals surface area contributed by atoms with Crippen LogP contribution >= 0.6 is 0 Å². The third-order valence-corrected chi connectivity index (χ3v) is 3.82. The SMILES string of the molecule is C=CCOC(=O)C1C2CCC(C2)C1C(=O)O. The minimum absolute atomic E-state index is 0.166. The Hall–Kier alpha value is -1.32. The smallest absolute Gasteiger partial charge is 0.310 e. The van der Waals surface area contributed by atoms with E-state index in [4.69, 9.17) is 9.84 Å². The first kappa shape index (κ1) is 11.2. The van der Waals surface area contributed by atoms with E-state index in [2.05, 4.69) is 6.58 Å². The number of aliphatic carboxylic acids is 1. The lowest BCUT2D eigenvalue weighted by Gasteiger charge is -2.25. The summed E-state index contributed by atoms with van der Waals surface area (Å²) in [5, 5.41) is 9.15. The second-order valence-electron chi connectivity index (χ2n) is 4.64. The maximum Gasteiger partial charge on any atom is 0.310 e. The van der Waals surface area contributed by atoms with Gasteiger partial charge in [-0.1, -0.05) is 12.7 Å². The third-order valence-electron chi connectivity index (χ3n) is 3.82. The van der Waals surface area contributed by atoms with Crippen molar-refractivity contribution in [2.24, 2.45) is 23.7 Å². The second-order valence-corrected chi connectivity index (χ2v) is 4.64. The monoisotopic (exact) mass is 224 g/mol. The molecule has 0 radical (unpaired) electrons. The topological polar surface area (TPSA) is 63.6 Å². The van der Waals surface area contributed by atoms with Gasteiger partial charge in [0.1, 0.15) is 6.61 Å². The molecule has 2 bridgehead atoms. The molecule has 2 aliphatic carbocycles. The normalized spacial score (nSPS) is 36.0. The van der Waals surface area contributed by atoms with E-state index in [0.717, 1.165) is 19.3 Å². The van der Waals surface area contributed by atoms with Crippen molar-refractivity contribution < 1.29 is 19.4 Å². The Morgan fingerprint density at radius 3 is 2.50 bits per heavy atom. The molecule has 4 atom stereocenters. The Kier molecular flexibility index (Phi) is 2.99. The lowest BCUT2D eigenvalue weighted by atomic mass is 9.79. The van der Waals surface area contributed by atoms with Crippen molar-refractivity contribution in [2.75, 3.05) is 6.61 Å². The maximum atomic E-state index is 11.8. The van der Waals surface area contributed by atoms with Gasteiger partial charge in [-0.25, -0.2) is 0 Å². The lowest BCUT2D eigenvalue weighted by molar-refractivity contribution is -0.159. The molecule has 4 nitrogen and oxygen atoms in total. The third kappa shape index (κ3) is 1.72. The molecule has 88 valence electrons. The fraction of sp³-hybridized carbons (Fsp3) is 0.667. The molecule has 1 N–H and O–H groups in total. The largest absolute Gasteiger partial charge is 0.481 e. The summed E-state index contributed by atoms with van der Waals surface area (Å²) in [5.41, 5.74) is 0. The van der Waals surface area contributed by atoms with Crippen LogP contribution < -0.4 is 0 Å². The van der Waals surface area contributed by atoms with Crippen LogP contribution in [0.15, 0.2) is 12.7 Å². The maximum absolute atomic E-state index is 11.8. The molecule has 0 aromatic carbocycles. The van der Waals surface area contributed by atoms with Gasteiger partial charge < -0.3 is 9.84 Å². The van der Waals surface area contributed by atoms with Crippen molar-refractivity contribution in [1.29, 1.82) is 0 Å². The van der Waals surface area contributed by atoms with E-state index in [9.17, 15) is 9.59 Å². The summed E-state index contributed by atoms with van der Waals surface area (Å²) in [7, 11) is 0. The van der Waals surface area contributed by atoms with Crippen molar-refractivity contribution in [1.82, 2.24) is 0 Å². The van der Waals surface area contributed by atoms with Crippen molar-refractivity contribution in [3.63, 3.8) is 0 Å². The summed E-state index contributed by atoms with van der Waals surface area (Å²) in [4.78, 5) is 22.9. The molecule has 0 spiro atoms. The fourth-order valence-electron chi connectivity index (χ4n) is 3.22. The number of carboxylic acid groups (broad SMARTS) is 1. The Bertz CT molecular complexity index is 323. The van der Waals surface area contributed by atoms with Gasteiger partial charge in [0, 0.05) is 0 Å². The van der Waals surface area contributed by atoms with Crippen LogP contribution in [0.2, 0.25) is 0 Å². The van der Waals surface area contributed by atoms with Gasteiger partial charge in [-0.2, -0.15) is 0 Å². The van der Waals surface area contributed by atoms with Crippen molar-refractivity contribution in [3.8, 4) is 0 Å². The summed E-state index contributed by atoms with van der Waals surface area (Å²) >= 11 is 0. The van der Waals surface area contributed by atoms with E-state index in [1.165, 1.54) is 6.08 Å². The highest BCUT2D eigenvalue weighted by Crippen LogP contribution is 2.52. The molecule has 0 aromatic heterocycles. The lowest BCUT2D eigenvalue weighted by Crippen LogP contribution is -2.35. The van der Waals surface area contributed by atoms with Gasteiger partial charge in [0.05, 0.1) is 11.8 Å². The summed E-state index contributed by atoms with van der Waals surface area (Å²) in [6.45, 7) is 3.63. The molecule has 2 saturated carbocycles. The number of carbonyl (C=O) groups excluding carboxylic acids is 1. The number of hydrogen-bond donors (Lipinski definition) is 1. The standard InChI is InChI=1S/C12H16O4/c1-2-5-16-12(15)10-8-4-3-7(6-8)9(10)11(13)14/h2,7-10H,1,3-6H2,(H,13,14). The molecule has 0 aliphatic heterocycles. The van der Waals surface area contributed by atoms with Gasteiger partial charge in [0.2, 0.25) is 0 Å². The molecule has 2 rings (SSSR count). The van der Waals surface area contributed by atoms with Gasteiger partial charge in [-0.15, -0.1) is 0 Å². The Morgan fingerprint density at radius 2 is 1.94 bits per heavy atom. The van der Waals surface area contributed by atoms with Crippen LogP contribution in [0, 0.1) is 23.7 Å². The van der Waals surface area contributed by atoms with Crippen LogP contribution in [0.3, 0.4) is 0 Å². The van der Waals surface area contributed by atoms with E-state index in [1.807, 2.05) is 0 Å². The van der Waals surface area contributed by atoms with E-state index in [-0.39, 0.29) is 24.4 Å². The number of carbonyl (C=O) groups is 2. The number of hydrogen-bond acceptors (Lipinski definition) is 3. The zero-order valence-corrected chi connectivity index (χ0v) is 9.09. The highest BCUT2D eigenvalue weighted by atomic mass is 16.5. The molecule has 0 heterocycles. The van der Waals surface area contributed by atoms with Crippen LogP contribution in [0.25, 0.3) is 0 Å². The van der Waals surface area contributed by atoms with Gasteiger partial charge >= 0.3 is 11.9 Å². The molecular formula is C12H16O4. The van der Waals surface area contributed by atoms with Crippen LogP contribution in [-0.4, -0.2) is 23.7 Å². The molecule has 2 aliphatic rings. The highest BCUT2D eigenvalue weighted by molar-refractivity contribution is 5.82. The summed E-state index contributed by atoms with van der Waals surface area (Å²) < 4.78 is 4.99. The van der Waals surface area contributed by atoms with Gasteiger partial charge in [-0.05, 0) is 31.1 Å². The minimum atomic E-state index is -0.854. The van der Waals surface area contributed by atoms with Gasteiger partial charge in [-0.3, -0.25) is 9.59 Å². The van der Waals surface area contributed by atoms with Gasteiger partial charge in [0.25, 0.3) is 0 Å². The zero-order chi connectivity index (χ0) is 11.7. The van der Waals surface area contributed by atoms with Gasteiger partial charge in [0.15, 0.2) is 0 Å². The first-order chi connectivity index (χ1) is 7.65. The Morgan fingerprint density at radius 1 is 1.31 bits per heavy atom. The molecule has 0 aromatic rings. The van der Waals surface area contributed by atoms with E-state index >= 15 is 0 Å². The van der Waals surface area contributed by atoms with Crippen LogP contribution in [0.5, 0.6) is 0 Å². The van der Waals surface area contributed by atoms with E-state index < -0.39 is 17.8 Å². The van der Waals surface area contributed by atoms with Crippen LogP contribution in [0.4, 0.5) is 0 Å². The number of carboxylic acids is 1. The number of rotatable bonds is 4. The molecule has 4 heteroatoms. The molecular weight excluding hydrogens is 208 g/mol. The molecule has 16 heavy (non-hydrogen) atoms. The summed E-state index contributed by atoms with van der Waals surface area (Å²) in [6.07, 6.45) is 4.26. The summed E-state index contributed by atoms with van der Waals surface area (Å²) in [5.74, 6) is -1.80.